The third kappa shape index (κ3) is 3.40. The molecular formula is C18H22N6O2. The summed E-state index contributed by atoms with van der Waals surface area (Å²) >= 11 is 0. The fraction of sp³-hybridized carbons (Fsp3) is 0.444. The van der Waals surface area contributed by atoms with Gasteiger partial charge in [0.05, 0.1) is 11.3 Å². The van der Waals surface area contributed by atoms with Crippen LogP contribution >= 0.6 is 0 Å². The SMILES string of the molecule is O=C(O)c1ccccc1Nc1nc(N2CCCC2)nc(N2CCCC2)n1. The van der Waals surface area contributed by atoms with E-state index >= 15 is 0 Å². The maximum Gasteiger partial charge on any atom is 0.337 e. The van der Waals surface area contributed by atoms with E-state index in [-0.39, 0.29) is 5.56 Å². The molecule has 0 atom stereocenters. The fourth-order valence-electron chi connectivity index (χ4n) is 3.43. The average molecular weight is 354 g/mol. The van der Waals surface area contributed by atoms with Gasteiger partial charge in [0, 0.05) is 26.2 Å². The molecule has 8 nitrogen and oxygen atoms in total. The van der Waals surface area contributed by atoms with Crippen LogP contribution in [0.25, 0.3) is 0 Å². The van der Waals surface area contributed by atoms with Gasteiger partial charge in [-0.1, -0.05) is 12.1 Å². The van der Waals surface area contributed by atoms with E-state index in [4.69, 9.17) is 0 Å². The zero-order valence-electron chi connectivity index (χ0n) is 14.6. The number of carbonyl (C=O) groups is 1. The average Bonchev–Trinajstić information content (AvgIpc) is 3.36. The van der Waals surface area contributed by atoms with E-state index in [1.807, 2.05) is 0 Å². The van der Waals surface area contributed by atoms with Crippen molar-refractivity contribution in [2.45, 2.75) is 25.7 Å². The van der Waals surface area contributed by atoms with Crippen LogP contribution < -0.4 is 15.1 Å². The van der Waals surface area contributed by atoms with Gasteiger partial charge in [0.25, 0.3) is 0 Å². The lowest BCUT2D eigenvalue weighted by Crippen LogP contribution is -2.26. The Balaban J connectivity index is 1.69. The second-order valence-corrected chi connectivity index (χ2v) is 6.62. The molecule has 0 bridgehead atoms. The first kappa shape index (κ1) is 16.6. The predicted molar refractivity (Wildman–Crippen MR) is 99.4 cm³/mol. The minimum Gasteiger partial charge on any atom is -0.478 e. The summed E-state index contributed by atoms with van der Waals surface area (Å²) in [5.41, 5.74) is 0.671. The lowest BCUT2D eigenvalue weighted by atomic mass is 10.2. The van der Waals surface area contributed by atoms with Crippen molar-refractivity contribution in [2.75, 3.05) is 41.3 Å². The molecule has 0 spiro atoms. The standard InChI is InChI=1S/C18H22N6O2/c25-15(26)13-7-1-2-8-14(13)19-16-20-17(23-9-3-4-10-23)22-18(21-16)24-11-5-6-12-24/h1-2,7-8H,3-6,9-12H2,(H,25,26)(H,19,20,21,22). The zero-order valence-corrected chi connectivity index (χ0v) is 14.6. The van der Waals surface area contributed by atoms with E-state index < -0.39 is 5.97 Å². The van der Waals surface area contributed by atoms with Gasteiger partial charge < -0.3 is 20.2 Å². The highest BCUT2D eigenvalue weighted by Gasteiger charge is 2.22. The molecular weight excluding hydrogens is 332 g/mol. The number of carboxylic acids is 1. The number of hydrogen-bond donors (Lipinski definition) is 2. The predicted octanol–water partition coefficient (Wildman–Crippen LogP) is 2.51. The van der Waals surface area contributed by atoms with E-state index in [1.54, 1.807) is 24.3 Å². The number of hydrogen-bond acceptors (Lipinski definition) is 7. The quantitative estimate of drug-likeness (QED) is 0.846. The first-order chi connectivity index (χ1) is 12.7. The molecule has 3 heterocycles. The highest BCUT2D eigenvalue weighted by Crippen LogP contribution is 2.25. The molecule has 2 saturated heterocycles. The van der Waals surface area contributed by atoms with Gasteiger partial charge in [0.2, 0.25) is 17.8 Å². The summed E-state index contributed by atoms with van der Waals surface area (Å²) in [5, 5.41) is 12.5. The molecule has 2 aliphatic heterocycles. The number of para-hydroxylation sites is 1. The molecule has 4 rings (SSSR count). The van der Waals surface area contributed by atoms with Crippen LogP contribution in [0.1, 0.15) is 36.0 Å². The van der Waals surface area contributed by atoms with Crippen molar-refractivity contribution >= 4 is 29.5 Å². The summed E-state index contributed by atoms with van der Waals surface area (Å²) in [5.74, 6) is 0.726. The largest absolute Gasteiger partial charge is 0.478 e. The number of nitrogens with one attached hydrogen (secondary N) is 1. The monoisotopic (exact) mass is 354 g/mol. The topological polar surface area (TPSA) is 94.5 Å². The van der Waals surface area contributed by atoms with Gasteiger partial charge in [-0.05, 0) is 37.8 Å². The molecule has 2 aromatic rings. The molecule has 0 unspecified atom stereocenters. The van der Waals surface area contributed by atoms with E-state index in [2.05, 4.69) is 30.1 Å². The van der Waals surface area contributed by atoms with Crippen LogP contribution in [-0.4, -0.2) is 52.2 Å². The first-order valence-corrected chi connectivity index (χ1v) is 9.06. The van der Waals surface area contributed by atoms with Gasteiger partial charge in [0.1, 0.15) is 0 Å². The zero-order chi connectivity index (χ0) is 17.9. The van der Waals surface area contributed by atoms with Gasteiger partial charge in [0.15, 0.2) is 0 Å². The van der Waals surface area contributed by atoms with Crippen LogP contribution in [0.15, 0.2) is 24.3 Å². The number of benzene rings is 1. The summed E-state index contributed by atoms with van der Waals surface area (Å²) in [6.45, 7) is 3.76. The van der Waals surface area contributed by atoms with Crippen LogP contribution in [0, 0.1) is 0 Å². The van der Waals surface area contributed by atoms with Crippen LogP contribution in [0.2, 0.25) is 0 Å². The normalized spacial score (nSPS) is 16.9. The third-order valence-electron chi connectivity index (χ3n) is 4.79. The Kier molecular flexibility index (Phi) is 4.55. The summed E-state index contributed by atoms with van der Waals surface area (Å²) in [7, 11) is 0. The van der Waals surface area contributed by atoms with Crippen molar-refractivity contribution in [3.05, 3.63) is 29.8 Å². The Morgan fingerprint density at radius 3 is 1.96 bits per heavy atom. The van der Waals surface area contributed by atoms with Gasteiger partial charge in [-0.25, -0.2) is 4.79 Å². The number of carboxylic acid groups (broad SMARTS) is 1. The van der Waals surface area contributed by atoms with Crippen LogP contribution in [0.3, 0.4) is 0 Å². The Hall–Kier alpha value is -2.90. The molecule has 0 amide bonds. The minimum atomic E-state index is -0.985. The molecule has 2 aliphatic rings. The Labute approximate surface area is 151 Å². The van der Waals surface area contributed by atoms with Crippen molar-refractivity contribution < 1.29 is 9.90 Å². The first-order valence-electron chi connectivity index (χ1n) is 9.06. The minimum absolute atomic E-state index is 0.193. The second kappa shape index (κ2) is 7.15. The molecule has 2 fully saturated rings. The summed E-state index contributed by atoms with van der Waals surface area (Å²) in [6.07, 6.45) is 4.54. The van der Waals surface area contributed by atoms with Crippen LogP contribution in [-0.2, 0) is 0 Å². The summed E-state index contributed by atoms with van der Waals surface area (Å²) < 4.78 is 0. The fourth-order valence-corrected chi connectivity index (χ4v) is 3.43. The van der Waals surface area contributed by atoms with Crippen LogP contribution in [0.5, 0.6) is 0 Å². The highest BCUT2D eigenvalue weighted by atomic mass is 16.4. The van der Waals surface area contributed by atoms with E-state index in [0.717, 1.165) is 51.9 Å². The van der Waals surface area contributed by atoms with Gasteiger partial charge >= 0.3 is 5.97 Å². The molecule has 26 heavy (non-hydrogen) atoms. The molecule has 0 aliphatic carbocycles. The van der Waals surface area contributed by atoms with Crippen molar-refractivity contribution in [3.8, 4) is 0 Å². The van der Waals surface area contributed by atoms with Gasteiger partial charge in [-0.2, -0.15) is 15.0 Å². The molecule has 136 valence electrons. The van der Waals surface area contributed by atoms with Crippen LogP contribution in [0.4, 0.5) is 23.5 Å². The number of rotatable bonds is 5. The molecule has 1 aromatic heterocycles. The number of nitrogens with zero attached hydrogens (tertiary/aromatic N) is 5. The lowest BCUT2D eigenvalue weighted by molar-refractivity contribution is 0.0698. The molecule has 2 N–H and O–H groups in total. The maximum atomic E-state index is 11.5. The van der Waals surface area contributed by atoms with Crippen molar-refractivity contribution in [2.24, 2.45) is 0 Å². The van der Waals surface area contributed by atoms with Crippen molar-refractivity contribution in [3.63, 3.8) is 0 Å². The molecule has 0 saturated carbocycles. The molecule has 0 radical (unpaired) electrons. The molecule has 8 heteroatoms. The second-order valence-electron chi connectivity index (χ2n) is 6.62. The van der Waals surface area contributed by atoms with E-state index in [1.165, 1.54) is 0 Å². The van der Waals surface area contributed by atoms with Gasteiger partial charge in [-0.3, -0.25) is 0 Å². The number of aromatic nitrogens is 3. The third-order valence-corrected chi connectivity index (χ3v) is 4.79. The van der Waals surface area contributed by atoms with Gasteiger partial charge in [-0.15, -0.1) is 0 Å². The summed E-state index contributed by atoms with van der Waals surface area (Å²) in [4.78, 5) is 29.6. The lowest BCUT2D eigenvalue weighted by Gasteiger charge is -2.21. The Bertz CT molecular complexity index is 766. The number of anilines is 4. The Morgan fingerprint density at radius 2 is 1.42 bits per heavy atom. The smallest absolute Gasteiger partial charge is 0.337 e. The summed E-state index contributed by atoms with van der Waals surface area (Å²) in [6, 6.07) is 6.78. The number of aromatic carboxylic acids is 1. The van der Waals surface area contributed by atoms with E-state index in [9.17, 15) is 9.90 Å². The highest BCUT2D eigenvalue weighted by molar-refractivity contribution is 5.94. The maximum absolute atomic E-state index is 11.5. The molecule has 1 aromatic carbocycles. The van der Waals surface area contributed by atoms with Crippen molar-refractivity contribution in [1.82, 2.24) is 15.0 Å². The van der Waals surface area contributed by atoms with Crippen molar-refractivity contribution in [1.29, 1.82) is 0 Å². The van der Waals surface area contributed by atoms with E-state index in [0.29, 0.717) is 23.5 Å². The Morgan fingerprint density at radius 1 is 0.885 bits per heavy atom.